The van der Waals surface area contributed by atoms with Gasteiger partial charge in [-0.15, -0.1) is 0 Å². The Bertz CT molecular complexity index is 540. The van der Waals surface area contributed by atoms with Crippen molar-refractivity contribution in [2.24, 2.45) is 0 Å². The molecule has 1 unspecified atom stereocenters. The van der Waals surface area contributed by atoms with Crippen LogP contribution in [0.3, 0.4) is 0 Å². The van der Waals surface area contributed by atoms with Gasteiger partial charge in [-0.25, -0.2) is 0 Å². The molecule has 0 aliphatic carbocycles. The summed E-state index contributed by atoms with van der Waals surface area (Å²) in [7, 11) is 0. The van der Waals surface area contributed by atoms with E-state index in [4.69, 9.17) is 9.47 Å². The van der Waals surface area contributed by atoms with E-state index in [9.17, 15) is 10.2 Å². The van der Waals surface area contributed by atoms with Crippen LogP contribution >= 0.6 is 0 Å². The fourth-order valence-electron chi connectivity index (χ4n) is 2.12. The first kappa shape index (κ1) is 16.6. The molecule has 0 saturated heterocycles. The average molecular weight is 302 g/mol. The molecule has 22 heavy (non-hydrogen) atoms. The fourth-order valence-corrected chi connectivity index (χ4v) is 2.12. The monoisotopic (exact) mass is 302 g/mol. The maximum absolute atomic E-state index is 10.1. The van der Waals surface area contributed by atoms with Crippen molar-refractivity contribution in [1.29, 1.82) is 0 Å². The van der Waals surface area contributed by atoms with Crippen LogP contribution in [-0.4, -0.2) is 22.3 Å². The first-order chi connectivity index (χ1) is 10.6. The van der Waals surface area contributed by atoms with Gasteiger partial charge in [-0.3, -0.25) is 0 Å². The van der Waals surface area contributed by atoms with Crippen LogP contribution in [0.1, 0.15) is 24.5 Å². The van der Waals surface area contributed by atoms with E-state index in [-0.39, 0.29) is 6.61 Å². The summed E-state index contributed by atoms with van der Waals surface area (Å²) >= 11 is 0. The van der Waals surface area contributed by atoms with Crippen molar-refractivity contribution in [2.75, 3.05) is 0 Å². The Balaban J connectivity index is 1.90. The molecule has 0 aliphatic rings. The summed E-state index contributed by atoms with van der Waals surface area (Å²) in [5, 5.41) is 20.2. The molecular weight excluding hydrogens is 280 g/mol. The quantitative estimate of drug-likeness (QED) is 0.736. The third-order valence-electron chi connectivity index (χ3n) is 3.38. The summed E-state index contributed by atoms with van der Waals surface area (Å²) in [6, 6.07) is 19.0. The molecule has 118 valence electrons. The van der Waals surface area contributed by atoms with Crippen molar-refractivity contribution in [2.45, 2.75) is 38.6 Å². The van der Waals surface area contributed by atoms with Crippen LogP contribution in [0.4, 0.5) is 0 Å². The van der Waals surface area contributed by atoms with Crippen LogP contribution in [0.5, 0.6) is 0 Å². The van der Waals surface area contributed by atoms with Gasteiger partial charge in [-0.1, -0.05) is 67.6 Å². The standard InChI is InChI=1S/C18H22O4/c1-2-17(21-13-15-9-5-3-6-10-15)18(19,20)22-14-16-11-7-4-8-12-16/h3-12,17,19-20H,2,13-14H2,1H3. The van der Waals surface area contributed by atoms with E-state index >= 15 is 0 Å². The Morgan fingerprint density at radius 1 is 0.864 bits per heavy atom. The molecule has 2 aromatic carbocycles. The van der Waals surface area contributed by atoms with Crippen LogP contribution in [0, 0.1) is 0 Å². The molecule has 4 nitrogen and oxygen atoms in total. The number of rotatable bonds is 8. The predicted molar refractivity (Wildman–Crippen MR) is 83.7 cm³/mol. The van der Waals surface area contributed by atoms with Crippen LogP contribution in [0.25, 0.3) is 0 Å². The zero-order chi connectivity index (χ0) is 15.8. The summed E-state index contributed by atoms with van der Waals surface area (Å²) < 4.78 is 10.8. The highest BCUT2D eigenvalue weighted by molar-refractivity contribution is 5.14. The third kappa shape index (κ3) is 4.93. The SMILES string of the molecule is CCC(OCc1ccccc1)C(O)(O)OCc1ccccc1. The molecular formula is C18H22O4. The normalized spacial score (nSPS) is 13.0. The molecule has 2 aromatic rings. The summed E-state index contributed by atoms with van der Waals surface area (Å²) in [4.78, 5) is 0. The van der Waals surface area contributed by atoms with Crippen molar-refractivity contribution in [3.8, 4) is 0 Å². The maximum atomic E-state index is 10.1. The molecule has 0 radical (unpaired) electrons. The minimum Gasteiger partial charge on any atom is -0.365 e. The lowest BCUT2D eigenvalue weighted by atomic mass is 10.2. The van der Waals surface area contributed by atoms with E-state index in [0.717, 1.165) is 11.1 Å². The Hall–Kier alpha value is -1.72. The smallest absolute Gasteiger partial charge is 0.306 e. The zero-order valence-corrected chi connectivity index (χ0v) is 12.7. The van der Waals surface area contributed by atoms with E-state index < -0.39 is 12.1 Å². The zero-order valence-electron chi connectivity index (χ0n) is 12.7. The molecule has 0 heterocycles. The largest absolute Gasteiger partial charge is 0.365 e. The van der Waals surface area contributed by atoms with Gasteiger partial charge in [0.2, 0.25) is 0 Å². The second kappa shape index (κ2) is 8.06. The van der Waals surface area contributed by atoms with Gasteiger partial charge in [-0.05, 0) is 17.5 Å². The number of hydrogen-bond donors (Lipinski definition) is 2. The van der Waals surface area contributed by atoms with Crippen molar-refractivity contribution < 1.29 is 19.7 Å². The summed E-state index contributed by atoms with van der Waals surface area (Å²) in [6.45, 7) is 2.23. The minimum absolute atomic E-state index is 0.110. The molecule has 2 rings (SSSR count). The lowest BCUT2D eigenvalue weighted by Gasteiger charge is -2.30. The second-order valence-electron chi connectivity index (χ2n) is 5.13. The Morgan fingerprint density at radius 3 is 1.86 bits per heavy atom. The van der Waals surface area contributed by atoms with Gasteiger partial charge in [0.05, 0.1) is 13.2 Å². The van der Waals surface area contributed by atoms with Gasteiger partial charge in [0.15, 0.2) is 0 Å². The molecule has 0 amide bonds. The molecule has 0 spiro atoms. The highest BCUT2D eigenvalue weighted by atomic mass is 16.8. The van der Waals surface area contributed by atoms with Crippen molar-refractivity contribution >= 4 is 0 Å². The average Bonchev–Trinajstić information content (AvgIpc) is 2.55. The van der Waals surface area contributed by atoms with E-state index in [2.05, 4.69) is 0 Å². The van der Waals surface area contributed by atoms with E-state index in [1.807, 2.05) is 67.6 Å². The molecule has 0 aliphatic heterocycles. The van der Waals surface area contributed by atoms with Crippen LogP contribution in [0.15, 0.2) is 60.7 Å². The van der Waals surface area contributed by atoms with Gasteiger partial charge in [0.25, 0.3) is 0 Å². The first-order valence-corrected chi connectivity index (χ1v) is 7.40. The van der Waals surface area contributed by atoms with Gasteiger partial charge >= 0.3 is 5.97 Å². The lowest BCUT2D eigenvalue weighted by molar-refractivity contribution is -0.388. The van der Waals surface area contributed by atoms with E-state index in [1.54, 1.807) is 0 Å². The molecule has 4 heteroatoms. The molecule has 1 atom stereocenters. The predicted octanol–water partition coefficient (Wildman–Crippen LogP) is 2.84. The van der Waals surface area contributed by atoms with Crippen LogP contribution < -0.4 is 0 Å². The maximum Gasteiger partial charge on any atom is 0.306 e. The topological polar surface area (TPSA) is 58.9 Å². The van der Waals surface area contributed by atoms with Crippen molar-refractivity contribution in [3.05, 3.63) is 71.8 Å². The number of hydrogen-bond acceptors (Lipinski definition) is 4. The molecule has 0 fully saturated rings. The fraction of sp³-hybridized carbons (Fsp3) is 0.333. The Labute approximate surface area is 130 Å². The number of aliphatic hydroxyl groups is 2. The molecule has 0 bridgehead atoms. The second-order valence-corrected chi connectivity index (χ2v) is 5.13. The molecule has 2 N–H and O–H groups in total. The third-order valence-corrected chi connectivity index (χ3v) is 3.38. The molecule has 0 saturated carbocycles. The van der Waals surface area contributed by atoms with E-state index in [0.29, 0.717) is 13.0 Å². The number of ether oxygens (including phenoxy) is 2. The highest BCUT2D eigenvalue weighted by Crippen LogP contribution is 2.19. The number of benzene rings is 2. The first-order valence-electron chi connectivity index (χ1n) is 7.40. The van der Waals surface area contributed by atoms with Crippen molar-refractivity contribution in [1.82, 2.24) is 0 Å². The van der Waals surface area contributed by atoms with Gasteiger partial charge < -0.3 is 19.7 Å². The highest BCUT2D eigenvalue weighted by Gasteiger charge is 2.35. The van der Waals surface area contributed by atoms with Gasteiger partial charge in [0.1, 0.15) is 6.10 Å². The van der Waals surface area contributed by atoms with Crippen molar-refractivity contribution in [3.63, 3.8) is 0 Å². The van der Waals surface area contributed by atoms with Crippen LogP contribution in [0.2, 0.25) is 0 Å². The summed E-state index contributed by atoms with van der Waals surface area (Å²) in [6.07, 6.45) is -0.398. The lowest BCUT2D eigenvalue weighted by Crippen LogP contribution is -2.45. The minimum atomic E-state index is -2.32. The summed E-state index contributed by atoms with van der Waals surface area (Å²) in [5.74, 6) is -2.32. The van der Waals surface area contributed by atoms with Gasteiger partial charge in [-0.2, -0.15) is 0 Å². The Morgan fingerprint density at radius 2 is 1.36 bits per heavy atom. The summed E-state index contributed by atoms with van der Waals surface area (Å²) in [5.41, 5.74) is 1.84. The Kier molecular flexibility index (Phi) is 6.10. The molecule has 0 aromatic heterocycles. The van der Waals surface area contributed by atoms with Gasteiger partial charge in [0, 0.05) is 0 Å². The van der Waals surface area contributed by atoms with Crippen LogP contribution in [-0.2, 0) is 22.7 Å². The van der Waals surface area contributed by atoms with E-state index in [1.165, 1.54) is 0 Å².